The Hall–Kier alpha value is -0.780. The minimum absolute atomic E-state index is 0.0143. The van der Waals surface area contributed by atoms with Crippen molar-refractivity contribution in [2.45, 2.75) is 33.0 Å². The Labute approximate surface area is 74.2 Å². The van der Waals surface area contributed by atoms with Crippen LogP contribution in [0.2, 0.25) is 0 Å². The van der Waals surface area contributed by atoms with Crippen LogP contribution in [0.4, 0.5) is 0 Å². The molecule has 0 fully saturated rings. The third-order valence-corrected chi connectivity index (χ3v) is 1.26. The quantitative estimate of drug-likeness (QED) is 0.507. The summed E-state index contributed by atoms with van der Waals surface area (Å²) in [6.45, 7) is 5.84. The molecule has 68 valence electrons. The monoisotopic (exact) mass is 168 g/mol. The zero-order valence-electron chi connectivity index (χ0n) is 7.87. The highest BCUT2D eigenvalue weighted by Crippen LogP contribution is 1.93. The van der Waals surface area contributed by atoms with E-state index < -0.39 is 6.10 Å². The van der Waals surface area contributed by atoms with Gasteiger partial charge in [0, 0.05) is 0 Å². The lowest BCUT2D eigenvalue weighted by Crippen LogP contribution is -2.06. The maximum atomic E-state index is 8.90. The van der Waals surface area contributed by atoms with Gasteiger partial charge in [-0.25, -0.2) is 0 Å². The van der Waals surface area contributed by atoms with E-state index in [0.29, 0.717) is 6.61 Å². The summed E-state index contributed by atoms with van der Waals surface area (Å²) >= 11 is 0. The fourth-order valence-corrected chi connectivity index (χ4v) is 0.618. The Morgan fingerprint density at radius 1 is 1.42 bits per heavy atom. The summed E-state index contributed by atoms with van der Waals surface area (Å²) in [5, 5.41) is 8.90. The molecule has 0 bridgehead atoms. The summed E-state index contributed by atoms with van der Waals surface area (Å²) in [6, 6.07) is 0. The molecule has 0 heterocycles. The number of hydrogen-bond donors (Lipinski definition) is 1. The first-order valence-corrected chi connectivity index (χ1v) is 4.04. The van der Waals surface area contributed by atoms with Gasteiger partial charge in [-0.05, 0) is 20.8 Å². The summed E-state index contributed by atoms with van der Waals surface area (Å²) in [5.74, 6) is 5.54. The lowest BCUT2D eigenvalue weighted by Gasteiger charge is -2.04. The van der Waals surface area contributed by atoms with Gasteiger partial charge in [0.25, 0.3) is 0 Å². The summed E-state index contributed by atoms with van der Waals surface area (Å²) < 4.78 is 5.26. The van der Waals surface area contributed by atoms with Crippen LogP contribution in [-0.4, -0.2) is 23.9 Å². The fraction of sp³-hybridized carbons (Fsp3) is 0.600. The number of rotatable bonds is 4. The Morgan fingerprint density at radius 3 is 2.58 bits per heavy atom. The van der Waals surface area contributed by atoms with Gasteiger partial charge in [-0.15, -0.1) is 5.92 Å². The van der Waals surface area contributed by atoms with Crippen LogP contribution in [0.3, 0.4) is 0 Å². The van der Waals surface area contributed by atoms with Gasteiger partial charge in [0.1, 0.15) is 6.61 Å². The molecule has 0 spiro atoms. The zero-order chi connectivity index (χ0) is 9.40. The number of aliphatic hydroxyl groups is 1. The van der Waals surface area contributed by atoms with Gasteiger partial charge < -0.3 is 9.84 Å². The summed E-state index contributed by atoms with van der Waals surface area (Å²) in [7, 11) is 0. The molecule has 2 heteroatoms. The molecule has 0 aromatic rings. The molecule has 0 aliphatic carbocycles. The van der Waals surface area contributed by atoms with Crippen molar-refractivity contribution < 1.29 is 9.84 Å². The van der Waals surface area contributed by atoms with Crippen LogP contribution < -0.4 is 0 Å². The van der Waals surface area contributed by atoms with E-state index in [4.69, 9.17) is 9.84 Å². The second kappa shape index (κ2) is 6.90. The van der Waals surface area contributed by atoms with Gasteiger partial charge in [0.05, 0.1) is 12.2 Å². The Bertz CT molecular complexity index is 184. The summed E-state index contributed by atoms with van der Waals surface area (Å²) in [6.07, 6.45) is 3.13. The molecule has 0 amide bonds. The van der Waals surface area contributed by atoms with E-state index in [1.165, 1.54) is 0 Å². The highest BCUT2D eigenvalue weighted by molar-refractivity contribution is 4.96. The average Bonchev–Trinajstić information content (AvgIpc) is 2.01. The molecule has 0 saturated carbocycles. The predicted molar refractivity (Wildman–Crippen MR) is 49.7 cm³/mol. The smallest absolute Gasteiger partial charge is 0.108 e. The van der Waals surface area contributed by atoms with Crippen molar-refractivity contribution in [1.82, 2.24) is 0 Å². The third-order valence-electron chi connectivity index (χ3n) is 1.26. The average molecular weight is 168 g/mol. The molecule has 12 heavy (non-hydrogen) atoms. The maximum absolute atomic E-state index is 8.90. The SMILES string of the molecule is CC#CCO[C@H](C)/C=C/C(C)O. The van der Waals surface area contributed by atoms with E-state index in [-0.39, 0.29) is 6.10 Å². The molecule has 0 aliphatic heterocycles. The predicted octanol–water partition coefficient (Wildman–Crippen LogP) is 1.35. The second-order valence-corrected chi connectivity index (χ2v) is 2.57. The molecule has 1 N–H and O–H groups in total. The van der Waals surface area contributed by atoms with E-state index in [1.54, 1.807) is 19.9 Å². The summed E-state index contributed by atoms with van der Waals surface area (Å²) in [5.41, 5.74) is 0. The molecule has 0 radical (unpaired) electrons. The normalized spacial score (nSPS) is 15.3. The first-order valence-electron chi connectivity index (χ1n) is 4.04. The van der Waals surface area contributed by atoms with Crippen LogP contribution in [0.5, 0.6) is 0 Å². The van der Waals surface area contributed by atoms with Crippen LogP contribution in [0, 0.1) is 11.8 Å². The fourth-order valence-electron chi connectivity index (χ4n) is 0.618. The topological polar surface area (TPSA) is 29.5 Å². The molecular weight excluding hydrogens is 152 g/mol. The van der Waals surface area contributed by atoms with E-state index in [0.717, 1.165) is 0 Å². The maximum Gasteiger partial charge on any atom is 0.108 e. The van der Waals surface area contributed by atoms with Crippen LogP contribution in [-0.2, 0) is 4.74 Å². The highest BCUT2D eigenvalue weighted by Gasteiger charge is 1.94. The minimum Gasteiger partial charge on any atom is -0.389 e. The van der Waals surface area contributed by atoms with Crippen molar-refractivity contribution in [3.05, 3.63) is 12.2 Å². The van der Waals surface area contributed by atoms with Crippen molar-refractivity contribution in [3.8, 4) is 11.8 Å². The molecular formula is C10H16O2. The van der Waals surface area contributed by atoms with Crippen molar-refractivity contribution in [2.75, 3.05) is 6.61 Å². The van der Waals surface area contributed by atoms with E-state index in [9.17, 15) is 0 Å². The van der Waals surface area contributed by atoms with Crippen molar-refractivity contribution in [2.24, 2.45) is 0 Å². The van der Waals surface area contributed by atoms with Crippen LogP contribution >= 0.6 is 0 Å². The van der Waals surface area contributed by atoms with Crippen molar-refractivity contribution >= 4 is 0 Å². The molecule has 2 atom stereocenters. The Balaban J connectivity index is 3.56. The van der Waals surface area contributed by atoms with Crippen LogP contribution in [0.1, 0.15) is 20.8 Å². The molecule has 0 aromatic carbocycles. The number of hydrogen-bond acceptors (Lipinski definition) is 2. The van der Waals surface area contributed by atoms with Gasteiger partial charge in [-0.1, -0.05) is 18.1 Å². The Morgan fingerprint density at radius 2 is 2.08 bits per heavy atom. The Kier molecular flexibility index (Phi) is 6.45. The lowest BCUT2D eigenvalue weighted by atomic mass is 10.3. The van der Waals surface area contributed by atoms with Gasteiger partial charge in [-0.2, -0.15) is 0 Å². The van der Waals surface area contributed by atoms with E-state index in [2.05, 4.69) is 11.8 Å². The van der Waals surface area contributed by atoms with E-state index in [1.807, 2.05) is 13.0 Å². The standard InChI is InChI=1S/C10H16O2/c1-4-5-8-12-10(3)7-6-9(2)11/h6-7,9-11H,8H2,1-3H3/b7-6+/t9?,10-/m1/s1. The first kappa shape index (κ1) is 11.2. The van der Waals surface area contributed by atoms with Gasteiger partial charge in [-0.3, -0.25) is 0 Å². The first-order chi connectivity index (χ1) is 5.66. The molecule has 0 rings (SSSR count). The minimum atomic E-state index is -0.409. The second-order valence-electron chi connectivity index (χ2n) is 2.57. The van der Waals surface area contributed by atoms with Gasteiger partial charge in [0.15, 0.2) is 0 Å². The van der Waals surface area contributed by atoms with Gasteiger partial charge >= 0.3 is 0 Å². The van der Waals surface area contributed by atoms with Crippen LogP contribution in [0.15, 0.2) is 12.2 Å². The van der Waals surface area contributed by atoms with E-state index >= 15 is 0 Å². The summed E-state index contributed by atoms with van der Waals surface area (Å²) in [4.78, 5) is 0. The lowest BCUT2D eigenvalue weighted by molar-refractivity contribution is 0.126. The third kappa shape index (κ3) is 7.33. The highest BCUT2D eigenvalue weighted by atomic mass is 16.5. The zero-order valence-corrected chi connectivity index (χ0v) is 7.87. The number of ether oxygens (including phenoxy) is 1. The number of aliphatic hydroxyl groups excluding tert-OH is 1. The molecule has 1 unspecified atom stereocenters. The van der Waals surface area contributed by atoms with Crippen molar-refractivity contribution in [3.63, 3.8) is 0 Å². The largest absolute Gasteiger partial charge is 0.389 e. The van der Waals surface area contributed by atoms with Gasteiger partial charge in [0.2, 0.25) is 0 Å². The molecule has 2 nitrogen and oxygen atoms in total. The van der Waals surface area contributed by atoms with Crippen molar-refractivity contribution in [1.29, 1.82) is 0 Å². The molecule has 0 aromatic heterocycles. The van der Waals surface area contributed by atoms with Crippen LogP contribution in [0.25, 0.3) is 0 Å². The molecule has 0 saturated heterocycles. The molecule has 0 aliphatic rings.